The number of rotatable bonds is 6. The van der Waals surface area contributed by atoms with Gasteiger partial charge < -0.3 is 10.2 Å². The van der Waals surface area contributed by atoms with Crippen LogP contribution in [0.3, 0.4) is 0 Å². The number of amides is 2. The predicted molar refractivity (Wildman–Crippen MR) is 106 cm³/mol. The highest BCUT2D eigenvalue weighted by molar-refractivity contribution is 7.89. The Morgan fingerprint density at radius 3 is 2.54 bits per heavy atom. The van der Waals surface area contributed by atoms with Crippen LogP contribution in [0.2, 0.25) is 0 Å². The second-order valence-electron chi connectivity index (χ2n) is 6.97. The summed E-state index contributed by atoms with van der Waals surface area (Å²) < 4.78 is 25.6. The number of sulfonamides is 1. The van der Waals surface area contributed by atoms with Crippen molar-refractivity contribution in [2.45, 2.75) is 17.9 Å². The molecule has 1 fully saturated rings. The minimum atomic E-state index is -3.59. The van der Waals surface area contributed by atoms with Gasteiger partial charge in [-0.1, -0.05) is 36.4 Å². The van der Waals surface area contributed by atoms with Crippen LogP contribution in [0.15, 0.2) is 59.5 Å². The predicted octanol–water partition coefficient (Wildman–Crippen LogP) is 1.92. The molecule has 28 heavy (non-hydrogen) atoms. The number of anilines is 1. The maximum atomic E-state index is 12.6. The highest BCUT2D eigenvalue weighted by atomic mass is 32.2. The number of nitrogens with zero attached hydrogens (tertiary/aromatic N) is 2. The zero-order valence-corrected chi connectivity index (χ0v) is 16.6. The number of benzene rings is 2. The molecule has 3 rings (SSSR count). The van der Waals surface area contributed by atoms with Crippen LogP contribution in [0.5, 0.6) is 0 Å². The van der Waals surface area contributed by atoms with Crippen LogP contribution in [0, 0.1) is 5.92 Å². The Kier molecular flexibility index (Phi) is 5.81. The minimum Gasteiger partial charge on any atom is -0.338 e. The lowest BCUT2D eigenvalue weighted by Gasteiger charge is -2.17. The number of hydrogen-bond donors (Lipinski definition) is 1. The standard InChI is InChI=1S/C20H23N3O4S/c1-22(2)28(26,27)18-10-6-9-17(12-18)21-20(25)16-11-19(24)23(14-16)13-15-7-4-3-5-8-15/h3-10,12,16H,11,13-14H2,1-2H3,(H,21,25)/t16-/m1/s1. The molecule has 2 aromatic rings. The first-order valence-electron chi connectivity index (χ1n) is 8.92. The molecule has 0 bridgehead atoms. The molecule has 8 heteroatoms. The lowest BCUT2D eigenvalue weighted by molar-refractivity contribution is -0.128. The molecule has 0 saturated carbocycles. The molecule has 1 aliphatic rings. The Labute approximate surface area is 165 Å². The van der Waals surface area contributed by atoms with Gasteiger partial charge in [0, 0.05) is 39.3 Å². The Morgan fingerprint density at radius 2 is 1.86 bits per heavy atom. The lowest BCUT2D eigenvalue weighted by atomic mass is 10.1. The van der Waals surface area contributed by atoms with E-state index < -0.39 is 15.9 Å². The van der Waals surface area contributed by atoms with E-state index >= 15 is 0 Å². The Hall–Kier alpha value is -2.71. The van der Waals surface area contributed by atoms with Gasteiger partial charge in [0.2, 0.25) is 21.8 Å². The van der Waals surface area contributed by atoms with Gasteiger partial charge >= 0.3 is 0 Å². The number of hydrogen-bond acceptors (Lipinski definition) is 4. The molecule has 0 radical (unpaired) electrons. The molecule has 0 aliphatic carbocycles. The van der Waals surface area contributed by atoms with Crippen LogP contribution in [0.25, 0.3) is 0 Å². The zero-order chi connectivity index (χ0) is 20.3. The van der Waals surface area contributed by atoms with Crippen LogP contribution in [0.1, 0.15) is 12.0 Å². The van der Waals surface area contributed by atoms with Crippen molar-refractivity contribution in [1.29, 1.82) is 0 Å². The third-order valence-electron chi connectivity index (χ3n) is 4.68. The van der Waals surface area contributed by atoms with E-state index in [1.165, 1.54) is 26.2 Å². The van der Waals surface area contributed by atoms with Crippen molar-refractivity contribution in [3.05, 3.63) is 60.2 Å². The monoisotopic (exact) mass is 401 g/mol. The summed E-state index contributed by atoms with van der Waals surface area (Å²) in [5.41, 5.74) is 1.40. The van der Waals surface area contributed by atoms with E-state index in [4.69, 9.17) is 0 Å². The molecular formula is C20H23N3O4S. The lowest BCUT2D eigenvalue weighted by Crippen LogP contribution is -2.28. The van der Waals surface area contributed by atoms with E-state index in [1.807, 2.05) is 30.3 Å². The van der Waals surface area contributed by atoms with Crippen LogP contribution >= 0.6 is 0 Å². The molecule has 0 aromatic heterocycles. The Morgan fingerprint density at radius 1 is 1.14 bits per heavy atom. The van der Waals surface area contributed by atoms with E-state index in [9.17, 15) is 18.0 Å². The largest absolute Gasteiger partial charge is 0.338 e. The number of nitrogens with one attached hydrogen (secondary N) is 1. The quantitative estimate of drug-likeness (QED) is 0.801. The molecule has 7 nitrogen and oxygen atoms in total. The molecule has 2 aromatic carbocycles. The summed E-state index contributed by atoms with van der Waals surface area (Å²) in [6, 6.07) is 15.7. The fraction of sp³-hybridized carbons (Fsp3) is 0.300. The van der Waals surface area contributed by atoms with Crippen molar-refractivity contribution < 1.29 is 18.0 Å². The van der Waals surface area contributed by atoms with Crippen LogP contribution in [0.4, 0.5) is 5.69 Å². The zero-order valence-electron chi connectivity index (χ0n) is 15.8. The number of likely N-dealkylation sites (tertiary alicyclic amines) is 1. The molecule has 1 heterocycles. The van der Waals surface area contributed by atoms with Crippen molar-refractivity contribution in [2.75, 3.05) is 26.0 Å². The topological polar surface area (TPSA) is 86.8 Å². The van der Waals surface area contributed by atoms with Crippen molar-refractivity contribution in [3.63, 3.8) is 0 Å². The summed E-state index contributed by atoms with van der Waals surface area (Å²) in [6.07, 6.45) is 0.147. The summed E-state index contributed by atoms with van der Waals surface area (Å²) in [4.78, 5) is 26.6. The molecule has 148 valence electrons. The van der Waals surface area contributed by atoms with E-state index in [0.29, 0.717) is 18.8 Å². The van der Waals surface area contributed by atoms with Crippen LogP contribution in [-0.4, -0.2) is 50.1 Å². The summed E-state index contributed by atoms with van der Waals surface area (Å²) in [6.45, 7) is 0.815. The molecule has 0 unspecified atom stereocenters. The number of carbonyl (C=O) groups excluding carboxylic acids is 2. The molecule has 0 spiro atoms. The second-order valence-corrected chi connectivity index (χ2v) is 9.12. The summed E-state index contributed by atoms with van der Waals surface area (Å²) in [7, 11) is -0.686. The van der Waals surface area contributed by atoms with Crippen LogP contribution in [-0.2, 0) is 26.2 Å². The maximum Gasteiger partial charge on any atom is 0.242 e. The minimum absolute atomic E-state index is 0.0621. The van der Waals surface area contributed by atoms with E-state index in [-0.39, 0.29) is 23.1 Å². The van der Waals surface area contributed by atoms with Crippen molar-refractivity contribution in [3.8, 4) is 0 Å². The normalized spacial score (nSPS) is 17.2. The SMILES string of the molecule is CN(C)S(=O)(=O)c1cccc(NC(=O)[C@@H]2CC(=O)N(Cc3ccccc3)C2)c1. The van der Waals surface area contributed by atoms with E-state index in [2.05, 4.69) is 5.32 Å². The summed E-state index contributed by atoms with van der Waals surface area (Å²) >= 11 is 0. The van der Waals surface area contributed by atoms with Gasteiger partial charge in [-0.3, -0.25) is 9.59 Å². The Balaban J connectivity index is 1.66. The first-order chi connectivity index (χ1) is 13.3. The molecule has 1 aliphatic heterocycles. The maximum absolute atomic E-state index is 12.6. The van der Waals surface area contributed by atoms with Gasteiger partial charge in [0.05, 0.1) is 10.8 Å². The second kappa shape index (κ2) is 8.12. The molecule has 1 N–H and O–H groups in total. The highest BCUT2D eigenvalue weighted by Crippen LogP contribution is 2.23. The first-order valence-corrected chi connectivity index (χ1v) is 10.4. The molecule has 1 atom stereocenters. The van der Waals surface area contributed by atoms with Crippen LogP contribution < -0.4 is 5.32 Å². The third-order valence-corrected chi connectivity index (χ3v) is 6.49. The van der Waals surface area contributed by atoms with E-state index in [0.717, 1.165) is 9.87 Å². The average Bonchev–Trinajstić information content (AvgIpc) is 3.03. The van der Waals surface area contributed by atoms with Gasteiger partial charge in [-0.25, -0.2) is 12.7 Å². The van der Waals surface area contributed by atoms with Crippen molar-refractivity contribution in [1.82, 2.24) is 9.21 Å². The van der Waals surface area contributed by atoms with Gasteiger partial charge in [0.15, 0.2) is 0 Å². The molecule has 2 amide bonds. The van der Waals surface area contributed by atoms with Gasteiger partial charge in [0.25, 0.3) is 0 Å². The van der Waals surface area contributed by atoms with Crippen molar-refractivity contribution in [2.24, 2.45) is 5.92 Å². The fourth-order valence-electron chi connectivity index (χ4n) is 3.09. The van der Waals surface area contributed by atoms with Crippen molar-refractivity contribution >= 4 is 27.5 Å². The Bertz CT molecular complexity index is 974. The van der Waals surface area contributed by atoms with E-state index in [1.54, 1.807) is 17.0 Å². The smallest absolute Gasteiger partial charge is 0.242 e. The summed E-state index contributed by atoms with van der Waals surface area (Å²) in [5, 5.41) is 2.74. The van der Waals surface area contributed by atoms with Gasteiger partial charge in [0.1, 0.15) is 0 Å². The summed E-state index contributed by atoms with van der Waals surface area (Å²) in [5.74, 6) is -0.818. The number of carbonyl (C=O) groups is 2. The van der Waals surface area contributed by atoms with Gasteiger partial charge in [-0.15, -0.1) is 0 Å². The molecular weight excluding hydrogens is 378 g/mol. The third kappa shape index (κ3) is 4.40. The highest BCUT2D eigenvalue weighted by Gasteiger charge is 2.34. The first kappa shape index (κ1) is 20.0. The van der Waals surface area contributed by atoms with Gasteiger partial charge in [-0.05, 0) is 23.8 Å². The fourth-order valence-corrected chi connectivity index (χ4v) is 4.04. The average molecular weight is 401 g/mol. The van der Waals surface area contributed by atoms with Gasteiger partial charge in [-0.2, -0.15) is 0 Å². The molecule has 1 saturated heterocycles.